The summed E-state index contributed by atoms with van der Waals surface area (Å²) in [6.07, 6.45) is 0. The Kier molecular flexibility index (Phi) is 7.29. The summed E-state index contributed by atoms with van der Waals surface area (Å²) in [6.45, 7) is 3.48. The van der Waals surface area contributed by atoms with Crippen molar-refractivity contribution < 1.29 is 14.5 Å². The van der Waals surface area contributed by atoms with Crippen LogP contribution in [0.5, 0.6) is 0 Å². The quantitative estimate of drug-likeness (QED) is 0.332. The molecular formula is C18H17Cl3N4O4. The van der Waals surface area contributed by atoms with Crippen LogP contribution >= 0.6 is 34.8 Å². The third-order valence-electron chi connectivity index (χ3n) is 3.99. The smallest absolute Gasteiger partial charge is 0.270 e. The van der Waals surface area contributed by atoms with Gasteiger partial charge in [-0.2, -0.15) is 0 Å². The number of nitrogen functional groups attached to an aromatic ring is 1. The first-order valence-electron chi connectivity index (χ1n) is 8.31. The highest BCUT2D eigenvalue weighted by Crippen LogP contribution is 2.31. The average Bonchev–Trinajstić information content (AvgIpc) is 2.63. The minimum atomic E-state index is -0.927. The van der Waals surface area contributed by atoms with E-state index in [1.165, 1.54) is 18.2 Å². The number of nitro benzene ring substituents is 1. The van der Waals surface area contributed by atoms with Crippen molar-refractivity contribution in [3.8, 4) is 0 Å². The summed E-state index contributed by atoms with van der Waals surface area (Å²) in [5, 5.41) is 16.3. The van der Waals surface area contributed by atoms with Crippen molar-refractivity contribution in [3.05, 3.63) is 61.1 Å². The van der Waals surface area contributed by atoms with Gasteiger partial charge in [-0.05, 0) is 24.1 Å². The Hall–Kier alpha value is -2.55. The molecule has 8 nitrogen and oxygen atoms in total. The molecule has 4 N–H and O–H groups in total. The highest BCUT2D eigenvalue weighted by atomic mass is 35.5. The molecule has 0 aliphatic carbocycles. The van der Waals surface area contributed by atoms with Crippen molar-refractivity contribution in [1.82, 2.24) is 5.32 Å². The predicted octanol–water partition coefficient (Wildman–Crippen LogP) is 4.53. The van der Waals surface area contributed by atoms with Crippen LogP contribution in [0.4, 0.5) is 17.1 Å². The summed E-state index contributed by atoms with van der Waals surface area (Å²) in [6, 6.07) is 5.40. The van der Waals surface area contributed by atoms with Gasteiger partial charge in [0.2, 0.25) is 5.91 Å². The molecule has 29 heavy (non-hydrogen) atoms. The van der Waals surface area contributed by atoms with E-state index in [-0.39, 0.29) is 37.9 Å². The van der Waals surface area contributed by atoms with Crippen LogP contribution in [0, 0.1) is 16.0 Å². The zero-order valence-electron chi connectivity index (χ0n) is 15.3. The minimum absolute atomic E-state index is 0.00860. The second kappa shape index (κ2) is 9.30. The molecule has 0 aromatic heterocycles. The fourth-order valence-corrected chi connectivity index (χ4v) is 3.18. The van der Waals surface area contributed by atoms with Crippen molar-refractivity contribution >= 4 is 63.7 Å². The molecule has 1 atom stereocenters. The number of halogens is 3. The number of carbonyl (C=O) groups is 2. The zero-order valence-corrected chi connectivity index (χ0v) is 17.6. The first kappa shape index (κ1) is 22.7. The minimum Gasteiger partial charge on any atom is -0.396 e. The summed E-state index contributed by atoms with van der Waals surface area (Å²) in [5.41, 5.74) is 5.94. The van der Waals surface area contributed by atoms with Crippen LogP contribution < -0.4 is 16.4 Å². The van der Waals surface area contributed by atoms with Gasteiger partial charge in [0, 0.05) is 17.8 Å². The molecule has 0 heterocycles. The van der Waals surface area contributed by atoms with Crippen LogP contribution in [0.1, 0.15) is 24.2 Å². The monoisotopic (exact) mass is 458 g/mol. The Morgan fingerprint density at radius 1 is 1.07 bits per heavy atom. The third kappa shape index (κ3) is 5.50. The normalized spacial score (nSPS) is 11.8. The summed E-state index contributed by atoms with van der Waals surface area (Å²) in [7, 11) is 0. The molecular weight excluding hydrogens is 443 g/mol. The Bertz CT molecular complexity index is 959. The molecule has 0 aliphatic rings. The van der Waals surface area contributed by atoms with Gasteiger partial charge in [0.15, 0.2) is 0 Å². The highest BCUT2D eigenvalue weighted by Gasteiger charge is 2.26. The molecule has 2 rings (SSSR count). The van der Waals surface area contributed by atoms with Gasteiger partial charge in [0.25, 0.3) is 11.6 Å². The van der Waals surface area contributed by atoms with Gasteiger partial charge in [0.05, 0.1) is 31.2 Å². The standard InChI is InChI=1S/C18H17Cl3N4O4/c1-8(2)16(18(27)23-9-5-13(20)15(22)14(21)6-9)24-17(26)11-4-3-10(25(28)29)7-12(11)19/h3-8,16H,22H2,1-2H3,(H,23,27)(H,24,26)/t16-/m0/s1. The lowest BCUT2D eigenvalue weighted by atomic mass is 10.0. The van der Waals surface area contributed by atoms with Crippen molar-refractivity contribution in [2.24, 2.45) is 5.92 Å². The number of nitrogens with one attached hydrogen (secondary N) is 2. The Morgan fingerprint density at radius 2 is 1.66 bits per heavy atom. The molecule has 0 saturated heterocycles. The Labute approximate surface area is 181 Å². The van der Waals surface area contributed by atoms with Gasteiger partial charge in [-0.1, -0.05) is 48.7 Å². The molecule has 0 saturated carbocycles. The van der Waals surface area contributed by atoms with E-state index in [0.717, 1.165) is 12.1 Å². The number of anilines is 2. The van der Waals surface area contributed by atoms with Crippen molar-refractivity contribution in [2.75, 3.05) is 11.1 Å². The summed E-state index contributed by atoms with van der Waals surface area (Å²) in [5.74, 6) is -1.44. The van der Waals surface area contributed by atoms with E-state index in [2.05, 4.69) is 10.6 Å². The number of hydrogen-bond acceptors (Lipinski definition) is 5. The van der Waals surface area contributed by atoms with Gasteiger partial charge in [-0.3, -0.25) is 19.7 Å². The topological polar surface area (TPSA) is 127 Å². The average molecular weight is 460 g/mol. The van der Waals surface area contributed by atoms with E-state index in [1.54, 1.807) is 13.8 Å². The van der Waals surface area contributed by atoms with Crippen LogP contribution in [0.3, 0.4) is 0 Å². The zero-order chi connectivity index (χ0) is 21.9. The van der Waals surface area contributed by atoms with Crippen molar-refractivity contribution in [3.63, 3.8) is 0 Å². The van der Waals surface area contributed by atoms with Crippen LogP contribution in [0.15, 0.2) is 30.3 Å². The number of hydrogen-bond donors (Lipinski definition) is 3. The molecule has 2 amide bonds. The van der Waals surface area contributed by atoms with Crippen molar-refractivity contribution in [1.29, 1.82) is 0 Å². The van der Waals surface area contributed by atoms with E-state index in [1.807, 2.05) is 0 Å². The fraction of sp³-hybridized carbons (Fsp3) is 0.222. The summed E-state index contributed by atoms with van der Waals surface area (Å²) < 4.78 is 0. The molecule has 2 aromatic carbocycles. The lowest BCUT2D eigenvalue weighted by molar-refractivity contribution is -0.384. The number of nitrogens with two attached hydrogens (primary N) is 1. The number of carbonyl (C=O) groups excluding carboxylic acids is 2. The molecule has 0 bridgehead atoms. The molecule has 0 fully saturated rings. The van der Waals surface area contributed by atoms with Crippen LogP contribution in [-0.2, 0) is 4.79 Å². The van der Waals surface area contributed by atoms with E-state index in [9.17, 15) is 19.7 Å². The molecule has 11 heteroatoms. The van der Waals surface area contributed by atoms with Gasteiger partial charge >= 0.3 is 0 Å². The Morgan fingerprint density at radius 3 is 2.14 bits per heavy atom. The number of benzene rings is 2. The van der Waals surface area contributed by atoms with Gasteiger partial charge in [-0.25, -0.2) is 0 Å². The second-order valence-corrected chi connectivity index (χ2v) is 7.68. The van der Waals surface area contributed by atoms with E-state index >= 15 is 0 Å². The number of rotatable bonds is 6. The first-order chi connectivity index (χ1) is 13.5. The highest BCUT2D eigenvalue weighted by molar-refractivity contribution is 6.39. The van der Waals surface area contributed by atoms with Crippen LogP contribution in [-0.4, -0.2) is 22.8 Å². The lowest BCUT2D eigenvalue weighted by Crippen LogP contribution is -2.47. The van der Waals surface area contributed by atoms with Crippen LogP contribution in [0.2, 0.25) is 15.1 Å². The van der Waals surface area contributed by atoms with Gasteiger partial charge < -0.3 is 16.4 Å². The van der Waals surface area contributed by atoms with E-state index in [4.69, 9.17) is 40.5 Å². The fourth-order valence-electron chi connectivity index (χ4n) is 2.43. The molecule has 2 aromatic rings. The molecule has 0 spiro atoms. The third-order valence-corrected chi connectivity index (χ3v) is 4.93. The summed E-state index contributed by atoms with van der Waals surface area (Å²) >= 11 is 17.9. The van der Waals surface area contributed by atoms with E-state index in [0.29, 0.717) is 5.69 Å². The maximum absolute atomic E-state index is 12.7. The SMILES string of the molecule is CC(C)[C@H](NC(=O)c1ccc([N+](=O)[O-])cc1Cl)C(=O)Nc1cc(Cl)c(N)c(Cl)c1. The number of nitrogens with zero attached hydrogens (tertiary/aromatic N) is 1. The lowest BCUT2D eigenvalue weighted by Gasteiger charge is -2.22. The van der Waals surface area contributed by atoms with Crippen molar-refractivity contribution in [2.45, 2.75) is 19.9 Å². The summed E-state index contributed by atoms with van der Waals surface area (Å²) in [4.78, 5) is 35.4. The maximum atomic E-state index is 12.7. The predicted molar refractivity (Wildman–Crippen MR) is 114 cm³/mol. The maximum Gasteiger partial charge on any atom is 0.270 e. The van der Waals surface area contributed by atoms with E-state index < -0.39 is 22.8 Å². The first-order valence-corrected chi connectivity index (χ1v) is 9.44. The molecule has 154 valence electrons. The molecule has 0 aliphatic heterocycles. The van der Waals surface area contributed by atoms with Crippen LogP contribution in [0.25, 0.3) is 0 Å². The van der Waals surface area contributed by atoms with Gasteiger partial charge in [-0.15, -0.1) is 0 Å². The number of nitro groups is 1. The largest absolute Gasteiger partial charge is 0.396 e. The molecule has 0 radical (unpaired) electrons. The molecule has 0 unspecified atom stereocenters. The number of amides is 2. The second-order valence-electron chi connectivity index (χ2n) is 6.46. The Balaban J connectivity index is 2.20. The van der Waals surface area contributed by atoms with Gasteiger partial charge in [0.1, 0.15) is 6.04 Å². The number of non-ortho nitro benzene ring substituents is 1.